The number of carboxylic acids is 2. The van der Waals surface area contributed by atoms with Crippen molar-refractivity contribution in [2.45, 2.75) is 142 Å². The van der Waals surface area contributed by atoms with Crippen LogP contribution in [0.1, 0.15) is 142 Å². The van der Waals surface area contributed by atoms with Crippen molar-refractivity contribution in [2.24, 2.45) is 0 Å². The van der Waals surface area contributed by atoms with Crippen LogP contribution < -0.4 is 10.2 Å². The van der Waals surface area contributed by atoms with Crippen LogP contribution in [0.2, 0.25) is 0 Å². The van der Waals surface area contributed by atoms with Crippen LogP contribution >= 0.6 is 0 Å². The van der Waals surface area contributed by atoms with E-state index in [0.717, 1.165) is 38.5 Å². The van der Waals surface area contributed by atoms with E-state index in [2.05, 4.69) is 38.2 Å². The molecule has 0 aromatic carbocycles. The maximum absolute atomic E-state index is 10.1. The molecule has 33 heavy (non-hydrogen) atoms. The number of rotatable bonds is 22. The van der Waals surface area contributed by atoms with Gasteiger partial charge in [0.1, 0.15) is 0 Å². The molecule has 0 spiro atoms. The zero-order valence-electron chi connectivity index (χ0n) is 21.8. The van der Waals surface area contributed by atoms with Crippen LogP contribution in [-0.4, -0.2) is 49.7 Å². The fraction of sp³-hybridized carbons (Fsp3) is 0.786. The molecule has 0 rings (SSSR count). The Kier molecular flexibility index (Phi) is 38.2. The third-order valence-corrected chi connectivity index (χ3v) is 5.29. The third-order valence-electron chi connectivity index (χ3n) is 5.29. The van der Waals surface area contributed by atoms with E-state index < -0.39 is 11.9 Å². The van der Waals surface area contributed by atoms with E-state index in [1.165, 1.54) is 77.0 Å². The van der Waals surface area contributed by atoms with Crippen molar-refractivity contribution in [3.63, 3.8) is 0 Å². The fourth-order valence-corrected chi connectivity index (χ4v) is 3.24. The van der Waals surface area contributed by atoms with E-state index in [4.69, 9.17) is 0 Å². The van der Waals surface area contributed by atoms with Crippen molar-refractivity contribution in [3.05, 3.63) is 24.3 Å². The van der Waals surface area contributed by atoms with E-state index in [0.29, 0.717) is 0 Å². The summed E-state index contributed by atoms with van der Waals surface area (Å²) < 4.78 is 0. The first kappa shape index (κ1) is 37.2. The minimum Gasteiger partial charge on any atom is -0.550 e. The van der Waals surface area contributed by atoms with Gasteiger partial charge in [-0.3, -0.25) is 0 Å². The first-order valence-electron chi connectivity index (χ1n) is 13.2. The van der Waals surface area contributed by atoms with E-state index >= 15 is 0 Å². The number of carbonyl (C=O) groups excluding carboxylic acids is 2. The zero-order valence-corrected chi connectivity index (χ0v) is 24.0. The molecule has 188 valence electrons. The summed E-state index contributed by atoms with van der Waals surface area (Å²) in [5.74, 6) is -1.84. The van der Waals surface area contributed by atoms with Gasteiger partial charge in [0.05, 0.1) is 0 Å². The third kappa shape index (κ3) is 42.3. The van der Waals surface area contributed by atoms with Gasteiger partial charge in [-0.25, -0.2) is 0 Å². The Morgan fingerprint density at radius 2 is 0.758 bits per heavy atom. The molecule has 0 radical (unpaired) electrons. The summed E-state index contributed by atoms with van der Waals surface area (Å²) in [6, 6.07) is 0. The van der Waals surface area contributed by atoms with E-state index in [1.807, 2.05) is 0 Å². The van der Waals surface area contributed by atoms with Gasteiger partial charge in [0, 0.05) is 11.9 Å². The molecule has 0 heterocycles. The van der Waals surface area contributed by atoms with Gasteiger partial charge in [-0.15, -0.1) is 0 Å². The molecule has 0 aliphatic heterocycles. The number of aliphatic carboxylic acids is 2. The van der Waals surface area contributed by atoms with Gasteiger partial charge in [-0.1, -0.05) is 102 Å². The molecular weight excluding hydrogens is 440 g/mol. The average molecular weight is 491 g/mol. The number of carbonyl (C=O) groups is 2. The van der Waals surface area contributed by atoms with Crippen molar-refractivity contribution in [2.75, 3.05) is 0 Å². The van der Waals surface area contributed by atoms with E-state index in [-0.39, 0.29) is 50.6 Å². The molecule has 5 heteroatoms. The second-order valence-corrected chi connectivity index (χ2v) is 8.58. The monoisotopic (exact) mass is 490 g/mol. The Hall–Kier alpha value is -0.320. The van der Waals surface area contributed by atoms with Gasteiger partial charge >= 0.3 is 37.7 Å². The summed E-state index contributed by atoms with van der Waals surface area (Å²) in [5, 5.41) is 20.3. The van der Waals surface area contributed by atoms with Gasteiger partial charge in [-0.2, -0.15) is 0 Å². The molecule has 0 amide bonds. The van der Waals surface area contributed by atoms with Crippen LogP contribution in [0.5, 0.6) is 0 Å². The normalized spacial score (nSPS) is 10.7. The van der Waals surface area contributed by atoms with Gasteiger partial charge in [0.25, 0.3) is 0 Å². The standard InChI is InChI=1S/2C14H26O2.Ca/c2*1-2-3-4-5-6-7-8-9-10-11-12-13-14(15)16;/h2*5-6H,2-4,7-13H2,1H3,(H,15,16);/q;;+2/p-2/b2*6-5-;. The van der Waals surface area contributed by atoms with Crippen LogP contribution in [0, 0.1) is 0 Å². The molecule has 0 bridgehead atoms. The quantitative estimate of drug-likeness (QED) is 0.105. The molecule has 0 aliphatic carbocycles. The minimum atomic E-state index is -0.918. The van der Waals surface area contributed by atoms with E-state index in [1.54, 1.807) is 0 Å². The number of carboxylic acid groups (broad SMARTS) is 2. The van der Waals surface area contributed by atoms with Crippen molar-refractivity contribution in [1.82, 2.24) is 0 Å². The molecule has 0 saturated carbocycles. The van der Waals surface area contributed by atoms with Gasteiger partial charge in [0.2, 0.25) is 0 Å². The van der Waals surface area contributed by atoms with Gasteiger partial charge < -0.3 is 19.8 Å². The largest absolute Gasteiger partial charge is 2.00 e. The summed E-state index contributed by atoms with van der Waals surface area (Å²) in [6.45, 7) is 4.42. The number of allylic oxidation sites excluding steroid dienone is 4. The molecule has 4 nitrogen and oxygen atoms in total. The molecular formula is C28H50CaO4. The van der Waals surface area contributed by atoms with Crippen LogP contribution in [-0.2, 0) is 9.59 Å². The Balaban J connectivity index is -0.000000529. The number of unbranched alkanes of at least 4 members (excludes halogenated alkanes) is 14. The zero-order chi connectivity index (χ0) is 24.1. The van der Waals surface area contributed by atoms with Crippen molar-refractivity contribution < 1.29 is 19.8 Å². The van der Waals surface area contributed by atoms with E-state index in [9.17, 15) is 19.8 Å². The summed E-state index contributed by atoms with van der Waals surface area (Å²) in [5.41, 5.74) is 0. The predicted octanol–water partition coefficient (Wildman–Crippen LogP) is 6.05. The average Bonchev–Trinajstić information content (AvgIpc) is 2.76. The second-order valence-electron chi connectivity index (χ2n) is 8.58. The molecule has 0 saturated heterocycles. The molecule has 0 unspecified atom stereocenters. The Labute approximate surface area is 234 Å². The predicted molar refractivity (Wildman–Crippen MR) is 138 cm³/mol. The Morgan fingerprint density at radius 1 is 0.485 bits per heavy atom. The number of hydrogen-bond donors (Lipinski definition) is 0. The first-order valence-corrected chi connectivity index (χ1v) is 13.2. The molecule has 0 aliphatic rings. The smallest absolute Gasteiger partial charge is 0.550 e. The molecule has 0 aromatic heterocycles. The molecule has 0 fully saturated rings. The summed E-state index contributed by atoms with van der Waals surface area (Å²) >= 11 is 0. The van der Waals surface area contributed by atoms with Crippen molar-refractivity contribution >= 4 is 49.7 Å². The minimum absolute atomic E-state index is 0. The Bertz CT molecular complexity index is 419. The summed E-state index contributed by atoms with van der Waals surface area (Å²) in [6.07, 6.45) is 30.2. The maximum Gasteiger partial charge on any atom is 2.00 e. The van der Waals surface area contributed by atoms with Crippen LogP contribution in [0.3, 0.4) is 0 Å². The van der Waals surface area contributed by atoms with Crippen molar-refractivity contribution in [1.29, 1.82) is 0 Å². The van der Waals surface area contributed by atoms with Crippen LogP contribution in [0.25, 0.3) is 0 Å². The molecule has 0 N–H and O–H groups in total. The SMILES string of the molecule is CCCC/C=C\CCCCCCCC(=O)[O-].CCCC/C=C\CCCCCCCC(=O)[O-].[Ca+2]. The van der Waals surface area contributed by atoms with Crippen LogP contribution in [0.4, 0.5) is 0 Å². The van der Waals surface area contributed by atoms with Crippen LogP contribution in [0.15, 0.2) is 24.3 Å². The fourth-order valence-electron chi connectivity index (χ4n) is 3.24. The first-order chi connectivity index (χ1) is 15.5. The molecule has 0 atom stereocenters. The topological polar surface area (TPSA) is 80.3 Å². The summed E-state index contributed by atoms with van der Waals surface area (Å²) in [4.78, 5) is 20.3. The molecule has 0 aromatic rings. The second kappa shape index (κ2) is 33.9. The van der Waals surface area contributed by atoms with Gasteiger partial charge in [-0.05, 0) is 64.2 Å². The number of hydrogen-bond acceptors (Lipinski definition) is 4. The maximum atomic E-state index is 10.1. The Morgan fingerprint density at radius 3 is 1.06 bits per heavy atom. The summed E-state index contributed by atoms with van der Waals surface area (Å²) in [7, 11) is 0. The van der Waals surface area contributed by atoms with Crippen molar-refractivity contribution in [3.8, 4) is 0 Å². The van der Waals surface area contributed by atoms with Gasteiger partial charge in [0.15, 0.2) is 0 Å².